The SMILES string of the molecule is NC(=O)c1cccnc1.[Cl-].[Co+2]. The minimum atomic E-state index is -0.442. The van der Waals surface area contributed by atoms with Gasteiger partial charge in [0.15, 0.2) is 0 Å². The second-order valence-corrected chi connectivity index (χ2v) is 1.61. The van der Waals surface area contributed by atoms with Crippen molar-refractivity contribution in [1.82, 2.24) is 4.98 Å². The first-order valence-corrected chi connectivity index (χ1v) is 2.50. The molecule has 1 rings (SSSR count). The Morgan fingerprint density at radius 1 is 1.55 bits per heavy atom. The van der Waals surface area contributed by atoms with Crippen LogP contribution in [0.4, 0.5) is 0 Å². The van der Waals surface area contributed by atoms with E-state index in [0.717, 1.165) is 0 Å². The number of halogens is 1. The summed E-state index contributed by atoms with van der Waals surface area (Å²) in [6.45, 7) is 0. The Morgan fingerprint density at radius 3 is 2.45 bits per heavy atom. The Balaban J connectivity index is 0. The molecule has 0 aliphatic heterocycles. The molecule has 1 radical (unpaired) electrons. The minimum Gasteiger partial charge on any atom is -1.00 e. The van der Waals surface area contributed by atoms with Gasteiger partial charge in [-0.2, -0.15) is 0 Å². The fourth-order valence-corrected chi connectivity index (χ4v) is 0.509. The fourth-order valence-electron chi connectivity index (χ4n) is 0.509. The number of amides is 1. The average Bonchev–Trinajstić information content (AvgIpc) is 1.90. The largest absolute Gasteiger partial charge is 2.00 e. The van der Waals surface area contributed by atoms with Gasteiger partial charge in [-0.25, -0.2) is 0 Å². The van der Waals surface area contributed by atoms with Gasteiger partial charge in [-0.3, -0.25) is 9.78 Å². The van der Waals surface area contributed by atoms with Crippen molar-refractivity contribution in [2.75, 3.05) is 0 Å². The number of nitrogens with two attached hydrogens (primary N) is 1. The van der Waals surface area contributed by atoms with E-state index >= 15 is 0 Å². The Kier molecular flexibility index (Phi) is 7.29. The van der Waals surface area contributed by atoms with Crippen LogP contribution in [0.25, 0.3) is 0 Å². The Hall–Kier alpha value is -0.584. The quantitative estimate of drug-likeness (QED) is 0.551. The third-order valence-electron chi connectivity index (χ3n) is 0.946. The molecule has 0 aromatic carbocycles. The predicted molar refractivity (Wildman–Crippen MR) is 32.8 cm³/mol. The summed E-state index contributed by atoms with van der Waals surface area (Å²) in [6, 6.07) is 3.29. The van der Waals surface area contributed by atoms with E-state index < -0.39 is 5.91 Å². The smallest absolute Gasteiger partial charge is 1.00 e. The van der Waals surface area contributed by atoms with E-state index in [0.29, 0.717) is 5.56 Å². The van der Waals surface area contributed by atoms with Crippen LogP contribution in [0.2, 0.25) is 0 Å². The Morgan fingerprint density at radius 2 is 2.18 bits per heavy atom. The second kappa shape index (κ2) is 6.15. The van der Waals surface area contributed by atoms with Crippen LogP contribution in [-0.4, -0.2) is 10.9 Å². The molecule has 0 fully saturated rings. The van der Waals surface area contributed by atoms with Crippen molar-refractivity contribution in [3.05, 3.63) is 30.1 Å². The van der Waals surface area contributed by atoms with Crippen molar-refractivity contribution in [3.63, 3.8) is 0 Å². The fraction of sp³-hybridized carbons (Fsp3) is 0. The van der Waals surface area contributed by atoms with Crippen LogP contribution in [0.5, 0.6) is 0 Å². The van der Waals surface area contributed by atoms with Crippen LogP contribution in [0.1, 0.15) is 10.4 Å². The molecule has 0 spiro atoms. The zero-order valence-electron chi connectivity index (χ0n) is 5.45. The number of carbonyl (C=O) groups is 1. The van der Waals surface area contributed by atoms with Crippen LogP contribution in [0.3, 0.4) is 0 Å². The summed E-state index contributed by atoms with van der Waals surface area (Å²) < 4.78 is 0. The first kappa shape index (κ1) is 13.0. The van der Waals surface area contributed by atoms with Crippen LogP contribution in [0, 0.1) is 0 Å². The summed E-state index contributed by atoms with van der Waals surface area (Å²) in [7, 11) is 0. The summed E-state index contributed by atoms with van der Waals surface area (Å²) >= 11 is 0. The van der Waals surface area contributed by atoms with Crippen LogP contribution >= 0.6 is 0 Å². The van der Waals surface area contributed by atoms with Gasteiger partial charge >= 0.3 is 16.8 Å². The normalized spacial score (nSPS) is 7.27. The van der Waals surface area contributed by atoms with Crippen molar-refractivity contribution in [3.8, 4) is 0 Å². The molecule has 1 aromatic rings. The summed E-state index contributed by atoms with van der Waals surface area (Å²) in [5, 5.41) is 0. The maximum atomic E-state index is 10.4. The van der Waals surface area contributed by atoms with Gasteiger partial charge < -0.3 is 18.1 Å². The van der Waals surface area contributed by atoms with E-state index in [9.17, 15) is 4.79 Å². The molecular formula is C6H6ClCoN2O+. The number of carbonyl (C=O) groups excluding carboxylic acids is 1. The zero-order valence-corrected chi connectivity index (χ0v) is 7.25. The molecule has 1 amide bonds. The van der Waals surface area contributed by atoms with Crippen LogP contribution < -0.4 is 18.1 Å². The average molecular weight is 217 g/mol. The van der Waals surface area contributed by atoms with Crippen molar-refractivity contribution in [2.45, 2.75) is 0 Å². The van der Waals surface area contributed by atoms with Gasteiger partial charge in [0.25, 0.3) is 0 Å². The molecular weight excluding hydrogens is 210 g/mol. The van der Waals surface area contributed by atoms with Gasteiger partial charge in [-0.15, -0.1) is 0 Å². The van der Waals surface area contributed by atoms with Crippen molar-refractivity contribution in [1.29, 1.82) is 0 Å². The maximum Gasteiger partial charge on any atom is 2.00 e. The topological polar surface area (TPSA) is 56.0 Å². The standard InChI is InChI=1S/C6H6N2O.ClH.Co/c7-6(9)5-2-1-3-8-4-5;;/h1-4H,(H2,7,9);1H;/q;;+2/p-1. The number of primary amides is 1. The number of aromatic nitrogens is 1. The predicted octanol–water partition coefficient (Wildman–Crippen LogP) is -2.82. The van der Waals surface area contributed by atoms with Gasteiger partial charge in [0.2, 0.25) is 5.91 Å². The number of nitrogens with zero attached hydrogens (tertiary/aromatic N) is 1. The third-order valence-corrected chi connectivity index (χ3v) is 0.946. The number of hydrogen-bond donors (Lipinski definition) is 1. The molecule has 0 saturated heterocycles. The molecule has 0 aliphatic rings. The maximum absolute atomic E-state index is 10.4. The number of pyridine rings is 1. The Bertz CT molecular complexity index is 217. The first-order valence-electron chi connectivity index (χ1n) is 2.50. The molecule has 0 unspecified atom stereocenters. The number of rotatable bonds is 1. The first-order chi connectivity index (χ1) is 4.30. The van der Waals surface area contributed by atoms with E-state index in [2.05, 4.69) is 4.98 Å². The second-order valence-electron chi connectivity index (χ2n) is 1.61. The molecule has 0 aliphatic carbocycles. The summed E-state index contributed by atoms with van der Waals surface area (Å²) in [5.41, 5.74) is 5.38. The monoisotopic (exact) mass is 216 g/mol. The third kappa shape index (κ3) is 3.97. The van der Waals surface area contributed by atoms with E-state index in [1.54, 1.807) is 18.3 Å². The minimum absolute atomic E-state index is 0. The molecule has 3 nitrogen and oxygen atoms in total. The molecule has 1 aromatic heterocycles. The molecule has 1 heterocycles. The number of hydrogen-bond acceptors (Lipinski definition) is 2. The molecule has 0 saturated carbocycles. The van der Waals surface area contributed by atoms with E-state index in [1.807, 2.05) is 0 Å². The summed E-state index contributed by atoms with van der Waals surface area (Å²) in [4.78, 5) is 14.1. The van der Waals surface area contributed by atoms with E-state index in [4.69, 9.17) is 5.73 Å². The van der Waals surface area contributed by atoms with Gasteiger partial charge in [0, 0.05) is 12.4 Å². The van der Waals surface area contributed by atoms with Gasteiger partial charge in [-0.1, -0.05) is 0 Å². The van der Waals surface area contributed by atoms with Crippen molar-refractivity contribution < 1.29 is 34.0 Å². The molecule has 5 heteroatoms. The molecule has 11 heavy (non-hydrogen) atoms. The van der Waals surface area contributed by atoms with Gasteiger partial charge in [0.05, 0.1) is 5.56 Å². The molecule has 0 bridgehead atoms. The zero-order chi connectivity index (χ0) is 6.69. The molecule has 2 N–H and O–H groups in total. The van der Waals surface area contributed by atoms with Gasteiger partial charge in [0.1, 0.15) is 0 Å². The Labute approximate surface area is 81.0 Å². The molecule has 0 atom stereocenters. The summed E-state index contributed by atoms with van der Waals surface area (Å²) in [6.07, 6.45) is 3.02. The van der Waals surface area contributed by atoms with Crippen LogP contribution in [0.15, 0.2) is 24.5 Å². The van der Waals surface area contributed by atoms with E-state index in [-0.39, 0.29) is 29.2 Å². The summed E-state index contributed by atoms with van der Waals surface area (Å²) in [5.74, 6) is -0.442. The molecule has 61 valence electrons. The van der Waals surface area contributed by atoms with Crippen molar-refractivity contribution in [2.24, 2.45) is 5.73 Å². The van der Waals surface area contributed by atoms with Gasteiger partial charge in [-0.05, 0) is 12.1 Å². The van der Waals surface area contributed by atoms with E-state index in [1.165, 1.54) is 6.20 Å². The van der Waals surface area contributed by atoms with Crippen LogP contribution in [-0.2, 0) is 16.8 Å². The van der Waals surface area contributed by atoms with Crippen molar-refractivity contribution >= 4 is 5.91 Å².